The van der Waals surface area contributed by atoms with Crippen LogP contribution in [0.2, 0.25) is 0 Å². The summed E-state index contributed by atoms with van der Waals surface area (Å²) in [5.41, 5.74) is 5.89. The summed E-state index contributed by atoms with van der Waals surface area (Å²) in [6.07, 6.45) is 4.84. The Hall–Kier alpha value is -2.59. The van der Waals surface area contributed by atoms with E-state index in [2.05, 4.69) is 20.5 Å². The van der Waals surface area contributed by atoms with E-state index in [-0.39, 0.29) is 30.6 Å². The van der Waals surface area contributed by atoms with Crippen molar-refractivity contribution in [3.05, 3.63) is 46.5 Å². The minimum Gasteiger partial charge on any atom is -0.375 e. The Balaban J connectivity index is 1.67. The highest BCUT2D eigenvalue weighted by Crippen LogP contribution is 2.20. The highest BCUT2D eigenvalue weighted by molar-refractivity contribution is 7.15. The number of anilines is 1. The van der Waals surface area contributed by atoms with Crippen LogP contribution in [0.5, 0.6) is 0 Å². The first-order valence-corrected chi connectivity index (χ1v) is 11.1. The molecule has 2 atom stereocenters. The van der Waals surface area contributed by atoms with E-state index in [0.717, 1.165) is 49.4 Å². The minimum absolute atomic E-state index is 0.0290. The van der Waals surface area contributed by atoms with E-state index in [1.54, 1.807) is 6.20 Å². The number of nitrogens with zero attached hydrogens (tertiary/aromatic N) is 2. The van der Waals surface area contributed by atoms with Gasteiger partial charge in [-0.25, -0.2) is 13.8 Å². The number of halogens is 2. The van der Waals surface area contributed by atoms with Gasteiger partial charge in [0.15, 0.2) is 16.8 Å². The molecule has 2 heterocycles. The Morgan fingerprint density at radius 3 is 2.55 bits per heavy atom. The van der Waals surface area contributed by atoms with Crippen LogP contribution >= 0.6 is 11.3 Å². The van der Waals surface area contributed by atoms with Gasteiger partial charge in [-0.2, -0.15) is 0 Å². The quantitative estimate of drug-likeness (QED) is 0.572. The first-order chi connectivity index (χ1) is 14.8. The number of hydrogen-bond donors (Lipinski definition) is 3. The molecule has 2 aromatic rings. The molecule has 1 aromatic carbocycles. The molecule has 1 saturated heterocycles. The Morgan fingerprint density at radius 1 is 1.16 bits per heavy atom. The lowest BCUT2D eigenvalue weighted by Crippen LogP contribution is -2.48. The van der Waals surface area contributed by atoms with Crippen LogP contribution in [-0.2, 0) is 16.1 Å². The first kappa shape index (κ1) is 23.1. The topological polar surface area (TPSA) is 100 Å². The SMILES string of the molecule is C[C@H](C(=O)NC[C@H](C(=O)NCc1cnc(N)s1)c1ccc(F)c(F)c1)N1CCCCC1. The van der Waals surface area contributed by atoms with Crippen molar-refractivity contribution in [2.75, 3.05) is 25.4 Å². The molecule has 0 radical (unpaired) electrons. The van der Waals surface area contributed by atoms with Crippen molar-refractivity contribution in [3.8, 4) is 0 Å². The van der Waals surface area contributed by atoms with Crippen molar-refractivity contribution < 1.29 is 18.4 Å². The molecular formula is C21H27F2N5O2S. The van der Waals surface area contributed by atoms with Crippen LogP contribution in [0.25, 0.3) is 0 Å². The summed E-state index contributed by atoms with van der Waals surface area (Å²) in [5, 5.41) is 5.96. The molecule has 168 valence electrons. The van der Waals surface area contributed by atoms with Gasteiger partial charge >= 0.3 is 0 Å². The predicted molar refractivity (Wildman–Crippen MR) is 115 cm³/mol. The predicted octanol–water partition coefficient (Wildman–Crippen LogP) is 2.39. The van der Waals surface area contributed by atoms with E-state index < -0.39 is 23.5 Å². The van der Waals surface area contributed by atoms with Crippen LogP contribution in [0.1, 0.15) is 42.5 Å². The molecule has 0 unspecified atom stereocenters. The van der Waals surface area contributed by atoms with Crippen LogP contribution in [-0.4, -0.2) is 47.4 Å². The molecular weight excluding hydrogens is 424 g/mol. The highest BCUT2D eigenvalue weighted by atomic mass is 32.1. The zero-order valence-electron chi connectivity index (χ0n) is 17.4. The number of carbonyl (C=O) groups is 2. The average molecular weight is 452 g/mol. The number of nitrogen functional groups attached to an aromatic ring is 1. The third kappa shape index (κ3) is 6.20. The number of nitrogens with one attached hydrogen (secondary N) is 2. The second kappa shape index (κ2) is 10.6. The third-order valence-electron chi connectivity index (χ3n) is 5.47. The Kier molecular flexibility index (Phi) is 7.91. The molecule has 0 aliphatic carbocycles. The number of benzene rings is 1. The minimum atomic E-state index is -1.04. The van der Waals surface area contributed by atoms with E-state index in [1.165, 1.54) is 17.4 Å². The molecule has 7 nitrogen and oxygen atoms in total. The standard InChI is InChI=1S/C21H27F2N5O2S/c1-13(28-7-3-2-4-8-28)19(29)26-12-16(14-5-6-17(22)18(23)9-14)20(30)25-10-15-11-27-21(24)31-15/h5-6,9,11,13,16H,2-4,7-8,10,12H2,1H3,(H2,24,27)(H,25,30)(H,26,29)/t13-,16+/m1/s1. The van der Waals surface area contributed by atoms with Crippen molar-refractivity contribution in [1.29, 1.82) is 0 Å². The van der Waals surface area contributed by atoms with Gasteiger partial charge in [0, 0.05) is 17.6 Å². The molecule has 3 rings (SSSR count). The van der Waals surface area contributed by atoms with Gasteiger partial charge in [-0.15, -0.1) is 11.3 Å². The second-order valence-electron chi connectivity index (χ2n) is 7.63. The second-order valence-corrected chi connectivity index (χ2v) is 8.77. The zero-order chi connectivity index (χ0) is 22.4. The number of hydrogen-bond acceptors (Lipinski definition) is 6. The molecule has 10 heteroatoms. The number of amides is 2. The lowest BCUT2D eigenvalue weighted by Gasteiger charge is -2.31. The third-order valence-corrected chi connectivity index (χ3v) is 6.30. The number of nitrogens with two attached hydrogens (primary N) is 1. The Bertz CT molecular complexity index is 917. The van der Waals surface area contributed by atoms with Crippen LogP contribution in [0.3, 0.4) is 0 Å². The number of rotatable bonds is 8. The summed E-state index contributed by atoms with van der Waals surface area (Å²) in [7, 11) is 0. The summed E-state index contributed by atoms with van der Waals surface area (Å²) in [4.78, 5) is 32.3. The number of piperidine rings is 1. The maximum absolute atomic E-state index is 13.8. The van der Waals surface area contributed by atoms with Crippen molar-refractivity contribution in [2.24, 2.45) is 0 Å². The lowest BCUT2D eigenvalue weighted by molar-refractivity contribution is -0.126. The summed E-state index contributed by atoms with van der Waals surface area (Å²) in [5.74, 6) is -3.52. The van der Waals surface area contributed by atoms with Crippen molar-refractivity contribution in [1.82, 2.24) is 20.5 Å². The molecule has 0 saturated carbocycles. The van der Waals surface area contributed by atoms with Crippen LogP contribution < -0.4 is 16.4 Å². The Labute approximate surface area is 184 Å². The van der Waals surface area contributed by atoms with Crippen LogP contribution in [0, 0.1) is 11.6 Å². The molecule has 2 amide bonds. The number of carbonyl (C=O) groups excluding carboxylic acids is 2. The van der Waals surface area contributed by atoms with E-state index >= 15 is 0 Å². The summed E-state index contributed by atoms with van der Waals surface area (Å²) in [6, 6.07) is 3.00. The number of aromatic nitrogens is 1. The van der Waals surface area contributed by atoms with Gasteiger partial charge in [0.1, 0.15) is 0 Å². The normalized spacial score (nSPS) is 16.5. The molecule has 0 spiro atoms. The largest absolute Gasteiger partial charge is 0.375 e. The lowest BCUT2D eigenvalue weighted by atomic mass is 9.97. The van der Waals surface area contributed by atoms with E-state index in [9.17, 15) is 18.4 Å². The fraction of sp³-hybridized carbons (Fsp3) is 0.476. The van der Waals surface area contributed by atoms with Gasteiger partial charge in [-0.1, -0.05) is 12.5 Å². The van der Waals surface area contributed by atoms with E-state index in [1.807, 2.05) is 6.92 Å². The van der Waals surface area contributed by atoms with Gasteiger partial charge in [0.2, 0.25) is 11.8 Å². The molecule has 1 fully saturated rings. The monoisotopic (exact) mass is 451 g/mol. The molecule has 1 aromatic heterocycles. The highest BCUT2D eigenvalue weighted by Gasteiger charge is 2.26. The number of thiazole rings is 1. The first-order valence-electron chi connectivity index (χ1n) is 10.3. The number of likely N-dealkylation sites (tertiary alicyclic amines) is 1. The van der Waals surface area contributed by atoms with Gasteiger partial charge in [0.25, 0.3) is 0 Å². The average Bonchev–Trinajstić information content (AvgIpc) is 3.19. The smallest absolute Gasteiger partial charge is 0.237 e. The van der Waals surface area contributed by atoms with Gasteiger partial charge in [0.05, 0.1) is 18.5 Å². The molecule has 1 aliphatic heterocycles. The molecule has 4 N–H and O–H groups in total. The maximum Gasteiger partial charge on any atom is 0.237 e. The van der Waals surface area contributed by atoms with Crippen LogP contribution in [0.15, 0.2) is 24.4 Å². The van der Waals surface area contributed by atoms with Crippen LogP contribution in [0.4, 0.5) is 13.9 Å². The van der Waals surface area contributed by atoms with E-state index in [4.69, 9.17) is 5.73 Å². The van der Waals surface area contributed by atoms with Crippen molar-refractivity contribution >= 4 is 28.3 Å². The Morgan fingerprint density at radius 2 is 1.90 bits per heavy atom. The molecule has 1 aliphatic rings. The zero-order valence-corrected chi connectivity index (χ0v) is 18.2. The maximum atomic E-state index is 13.8. The van der Waals surface area contributed by atoms with E-state index in [0.29, 0.717) is 5.13 Å². The fourth-order valence-electron chi connectivity index (χ4n) is 3.61. The summed E-state index contributed by atoms with van der Waals surface area (Å²) < 4.78 is 27.2. The summed E-state index contributed by atoms with van der Waals surface area (Å²) in [6.45, 7) is 3.73. The molecule has 31 heavy (non-hydrogen) atoms. The van der Waals surface area contributed by atoms with Gasteiger partial charge in [-0.3, -0.25) is 14.5 Å². The summed E-state index contributed by atoms with van der Waals surface area (Å²) >= 11 is 1.25. The molecule has 0 bridgehead atoms. The van der Waals surface area contributed by atoms with Crippen molar-refractivity contribution in [2.45, 2.75) is 44.7 Å². The van der Waals surface area contributed by atoms with Gasteiger partial charge < -0.3 is 16.4 Å². The van der Waals surface area contributed by atoms with Gasteiger partial charge in [-0.05, 0) is 50.6 Å². The van der Waals surface area contributed by atoms with Crippen molar-refractivity contribution in [3.63, 3.8) is 0 Å². The fourth-order valence-corrected chi connectivity index (χ4v) is 4.24.